The molecule has 0 unspecified atom stereocenters. The van der Waals surface area contributed by atoms with Crippen LogP contribution < -0.4 is 15.8 Å². The van der Waals surface area contributed by atoms with E-state index in [9.17, 15) is 21.6 Å². The van der Waals surface area contributed by atoms with Crippen molar-refractivity contribution in [1.82, 2.24) is 9.97 Å². The zero-order chi connectivity index (χ0) is 29.4. The first kappa shape index (κ1) is 28.8. The summed E-state index contributed by atoms with van der Waals surface area (Å²) in [5.74, 6) is 0.598. The van der Waals surface area contributed by atoms with Gasteiger partial charge in [-0.15, -0.1) is 0 Å². The number of nitrogens with zero attached hydrogens (tertiary/aromatic N) is 2. The molecule has 1 aliphatic rings. The number of fused-ring (bicyclic) bond motifs is 1. The Labute approximate surface area is 237 Å². The number of aromatic nitrogens is 2. The minimum atomic E-state index is -4.80. The third-order valence-corrected chi connectivity index (χ3v) is 8.96. The normalized spacial score (nSPS) is 17.9. The van der Waals surface area contributed by atoms with E-state index in [2.05, 4.69) is 28.0 Å². The summed E-state index contributed by atoms with van der Waals surface area (Å²) in [7, 11) is -4.48. The Morgan fingerprint density at radius 2 is 1.76 bits per heavy atom. The van der Waals surface area contributed by atoms with Gasteiger partial charge in [-0.05, 0) is 97.7 Å². The summed E-state index contributed by atoms with van der Waals surface area (Å²) in [4.78, 5) is 8.54. The quantitative estimate of drug-likeness (QED) is 0.224. The van der Waals surface area contributed by atoms with E-state index in [0.717, 1.165) is 83.5 Å². The molecule has 0 saturated heterocycles. The molecule has 1 aromatic heterocycles. The van der Waals surface area contributed by atoms with Crippen molar-refractivity contribution in [1.29, 1.82) is 0 Å². The van der Waals surface area contributed by atoms with Crippen molar-refractivity contribution in [3.8, 4) is 11.1 Å². The Hall–Kier alpha value is -3.70. The second-order valence-corrected chi connectivity index (χ2v) is 12.2. The molecule has 0 spiro atoms. The van der Waals surface area contributed by atoms with Gasteiger partial charge in [-0.3, -0.25) is 4.72 Å². The molecule has 4 aromatic rings. The first-order valence-electron chi connectivity index (χ1n) is 13.6. The molecule has 0 bridgehead atoms. The van der Waals surface area contributed by atoms with Crippen LogP contribution in [0.25, 0.3) is 22.0 Å². The highest BCUT2D eigenvalue weighted by Gasteiger charge is 2.37. The second-order valence-electron chi connectivity index (χ2n) is 10.5. The molecule has 1 aliphatic carbocycles. The van der Waals surface area contributed by atoms with Crippen molar-refractivity contribution in [3.05, 3.63) is 77.5 Å². The fourth-order valence-corrected chi connectivity index (χ4v) is 6.63. The zero-order valence-electron chi connectivity index (χ0n) is 22.8. The zero-order valence-corrected chi connectivity index (χ0v) is 23.6. The summed E-state index contributed by atoms with van der Waals surface area (Å²) in [5.41, 5.74) is 9.42. The predicted octanol–water partition coefficient (Wildman–Crippen LogP) is 6.67. The second kappa shape index (κ2) is 11.3. The van der Waals surface area contributed by atoms with Gasteiger partial charge in [-0.1, -0.05) is 25.1 Å². The maximum atomic E-state index is 13.4. The highest BCUT2D eigenvalue weighted by molar-refractivity contribution is 7.92. The molecule has 1 saturated carbocycles. The van der Waals surface area contributed by atoms with Crippen LogP contribution in [0.2, 0.25) is 0 Å². The molecule has 5 rings (SSSR count). The summed E-state index contributed by atoms with van der Waals surface area (Å²) < 4.78 is 68.4. The Morgan fingerprint density at radius 1 is 1.02 bits per heavy atom. The van der Waals surface area contributed by atoms with Crippen LogP contribution in [0.15, 0.2) is 65.7 Å². The van der Waals surface area contributed by atoms with E-state index in [1.54, 1.807) is 24.4 Å². The van der Waals surface area contributed by atoms with E-state index in [4.69, 9.17) is 10.7 Å². The number of hydrogen-bond acceptors (Lipinski definition) is 6. The van der Waals surface area contributed by atoms with Crippen molar-refractivity contribution < 1.29 is 21.6 Å². The molecule has 41 heavy (non-hydrogen) atoms. The maximum absolute atomic E-state index is 13.4. The number of nitrogens with two attached hydrogens (primary N) is 1. The molecule has 7 nitrogen and oxygen atoms in total. The third-order valence-electron chi connectivity index (χ3n) is 7.52. The third kappa shape index (κ3) is 6.31. The molecular weight excluding hydrogens is 551 g/mol. The van der Waals surface area contributed by atoms with Crippen LogP contribution in [0, 0.1) is 6.92 Å². The fourth-order valence-electron chi connectivity index (χ4n) is 5.36. The van der Waals surface area contributed by atoms with Crippen molar-refractivity contribution >= 4 is 32.6 Å². The number of anilines is 2. The lowest BCUT2D eigenvalue weighted by molar-refractivity contribution is -0.139. The van der Waals surface area contributed by atoms with Gasteiger partial charge in [0.2, 0.25) is 5.95 Å². The standard InChI is InChI=1S/C30H32F3N5O2S/c1-3-19-15-20(16-21-17-35-29(37-28(19)21)36-23-10-8-22(34)9-11-23)25-13-12-24(14-18(25)2)38-41(39,40)27-7-5-4-6-26(27)30(31,32)33/h4-7,12-17,22-23,38H,3,8-11,34H2,1-2H3,(H,35,36,37)/t22-,23-. The van der Waals surface area contributed by atoms with Gasteiger partial charge in [0.05, 0.1) is 16.0 Å². The number of benzene rings is 3. The van der Waals surface area contributed by atoms with E-state index in [-0.39, 0.29) is 11.7 Å². The van der Waals surface area contributed by atoms with Gasteiger partial charge in [-0.2, -0.15) is 13.2 Å². The number of nitrogens with one attached hydrogen (secondary N) is 2. The van der Waals surface area contributed by atoms with E-state index in [1.807, 2.05) is 13.0 Å². The van der Waals surface area contributed by atoms with E-state index >= 15 is 0 Å². The molecule has 0 radical (unpaired) electrons. The van der Waals surface area contributed by atoms with Crippen molar-refractivity contribution in [2.75, 3.05) is 10.0 Å². The largest absolute Gasteiger partial charge is 0.417 e. The lowest BCUT2D eigenvalue weighted by atomic mass is 9.92. The van der Waals surface area contributed by atoms with Crippen LogP contribution in [0.4, 0.5) is 24.8 Å². The van der Waals surface area contributed by atoms with Gasteiger partial charge >= 0.3 is 6.18 Å². The molecule has 11 heteroatoms. The molecule has 4 N–H and O–H groups in total. The van der Waals surface area contributed by atoms with Gasteiger partial charge in [-0.25, -0.2) is 18.4 Å². The van der Waals surface area contributed by atoms with E-state index < -0.39 is 26.7 Å². The number of alkyl halides is 3. The topological polar surface area (TPSA) is 110 Å². The van der Waals surface area contributed by atoms with Crippen molar-refractivity contribution in [2.45, 2.75) is 69.1 Å². The lowest BCUT2D eigenvalue weighted by Gasteiger charge is -2.26. The van der Waals surface area contributed by atoms with Crippen LogP contribution in [-0.4, -0.2) is 30.5 Å². The average molecular weight is 584 g/mol. The number of sulfonamides is 1. The summed E-state index contributed by atoms with van der Waals surface area (Å²) in [5, 5.41) is 4.33. The molecule has 0 amide bonds. The maximum Gasteiger partial charge on any atom is 0.417 e. The van der Waals surface area contributed by atoms with Crippen LogP contribution in [0.1, 0.15) is 49.3 Å². The van der Waals surface area contributed by atoms with Gasteiger partial charge in [0, 0.05) is 29.4 Å². The molecular formula is C30H32F3N5O2S. The number of hydrogen-bond donors (Lipinski definition) is 3. The Morgan fingerprint density at radius 3 is 2.44 bits per heavy atom. The van der Waals surface area contributed by atoms with Crippen LogP contribution in [0.3, 0.4) is 0 Å². The summed E-state index contributed by atoms with van der Waals surface area (Å²) in [6.45, 7) is 3.88. The summed E-state index contributed by atoms with van der Waals surface area (Å²) >= 11 is 0. The SMILES string of the molecule is CCc1cc(-c2ccc(NS(=O)(=O)c3ccccc3C(F)(F)F)cc2C)cc2cnc(N[C@H]3CC[C@H](N)CC3)nc12. The first-order chi connectivity index (χ1) is 19.4. The average Bonchev–Trinajstić information content (AvgIpc) is 2.93. The lowest BCUT2D eigenvalue weighted by Crippen LogP contribution is -2.33. The summed E-state index contributed by atoms with van der Waals surface area (Å²) in [6, 6.07) is 13.6. The highest BCUT2D eigenvalue weighted by atomic mass is 32.2. The monoisotopic (exact) mass is 583 g/mol. The molecule has 1 heterocycles. The van der Waals surface area contributed by atoms with Crippen LogP contribution >= 0.6 is 0 Å². The number of rotatable bonds is 7. The first-order valence-corrected chi connectivity index (χ1v) is 15.0. The number of aryl methyl sites for hydroxylation is 2. The van der Waals surface area contributed by atoms with Crippen molar-refractivity contribution in [2.24, 2.45) is 5.73 Å². The van der Waals surface area contributed by atoms with E-state index in [1.165, 1.54) is 6.07 Å². The van der Waals surface area contributed by atoms with Crippen molar-refractivity contribution in [3.63, 3.8) is 0 Å². The Kier molecular flexibility index (Phi) is 7.93. The Balaban J connectivity index is 1.41. The molecule has 1 fully saturated rings. The van der Waals surface area contributed by atoms with Gasteiger partial charge < -0.3 is 11.1 Å². The summed E-state index contributed by atoms with van der Waals surface area (Å²) in [6.07, 6.45) is 1.69. The van der Waals surface area contributed by atoms with Crippen LogP contribution in [0.5, 0.6) is 0 Å². The molecule has 3 aromatic carbocycles. The molecule has 0 aliphatic heterocycles. The minimum Gasteiger partial charge on any atom is -0.351 e. The Bertz CT molecular complexity index is 1680. The van der Waals surface area contributed by atoms with E-state index in [0.29, 0.717) is 12.0 Å². The van der Waals surface area contributed by atoms with Crippen LogP contribution in [-0.2, 0) is 22.6 Å². The van der Waals surface area contributed by atoms with Gasteiger partial charge in [0.1, 0.15) is 0 Å². The highest BCUT2D eigenvalue weighted by Crippen LogP contribution is 2.36. The fraction of sp³-hybridized carbons (Fsp3) is 0.333. The minimum absolute atomic E-state index is 0.169. The van der Waals surface area contributed by atoms with Gasteiger partial charge in [0.25, 0.3) is 10.0 Å². The molecule has 216 valence electrons. The predicted molar refractivity (Wildman–Crippen MR) is 155 cm³/mol. The molecule has 0 atom stereocenters. The number of halogens is 3. The van der Waals surface area contributed by atoms with Gasteiger partial charge in [0.15, 0.2) is 0 Å². The smallest absolute Gasteiger partial charge is 0.351 e.